The fourth-order valence-electron chi connectivity index (χ4n) is 1.46. The molecule has 0 aliphatic carbocycles. The molecule has 0 aliphatic heterocycles. The van der Waals surface area contributed by atoms with E-state index < -0.39 is 15.7 Å². The van der Waals surface area contributed by atoms with Crippen molar-refractivity contribution in [3.63, 3.8) is 0 Å². The molecule has 0 fully saturated rings. The molecule has 0 aliphatic rings. The van der Waals surface area contributed by atoms with Crippen LogP contribution in [0, 0.1) is 12.7 Å². The Hall–Kier alpha value is -1.43. The van der Waals surface area contributed by atoms with Crippen molar-refractivity contribution in [1.29, 1.82) is 0 Å². The highest BCUT2D eigenvalue weighted by Crippen LogP contribution is 2.21. The van der Waals surface area contributed by atoms with Crippen molar-refractivity contribution < 1.29 is 17.6 Å². The highest BCUT2D eigenvalue weighted by molar-refractivity contribution is 7.90. The van der Waals surface area contributed by atoms with E-state index in [1.165, 1.54) is 19.1 Å². The number of nitrogens with one attached hydrogen (secondary N) is 1. The van der Waals surface area contributed by atoms with E-state index in [1.807, 2.05) is 0 Å². The Morgan fingerprint density at radius 3 is 2.47 bits per heavy atom. The van der Waals surface area contributed by atoms with Gasteiger partial charge in [-0.25, -0.2) is 12.8 Å². The van der Waals surface area contributed by atoms with Gasteiger partial charge in [-0.2, -0.15) is 0 Å². The minimum atomic E-state index is -3.52. The summed E-state index contributed by atoms with van der Waals surface area (Å²) in [6, 6.07) is 2.64. The Morgan fingerprint density at radius 2 is 2.00 bits per heavy atom. The van der Waals surface area contributed by atoms with Crippen molar-refractivity contribution in [1.82, 2.24) is 5.32 Å². The monoisotopic (exact) mass is 259 g/mol. The topological polar surface area (TPSA) is 63.2 Å². The lowest BCUT2D eigenvalue weighted by molar-refractivity contribution is -0.119. The van der Waals surface area contributed by atoms with Crippen LogP contribution >= 0.6 is 0 Å². The second-order valence-corrected chi connectivity index (χ2v) is 5.89. The molecular formula is C11H14FNO3S. The largest absolute Gasteiger partial charge is 0.352 e. The van der Waals surface area contributed by atoms with Crippen LogP contribution in [0.1, 0.15) is 18.1 Å². The van der Waals surface area contributed by atoms with Crippen molar-refractivity contribution in [3.8, 4) is 0 Å². The molecule has 94 valence electrons. The molecule has 1 rings (SSSR count). The molecule has 0 heterocycles. The smallest absolute Gasteiger partial charge is 0.217 e. The summed E-state index contributed by atoms with van der Waals surface area (Å²) >= 11 is 0. The highest BCUT2D eigenvalue weighted by atomic mass is 32.2. The maximum atomic E-state index is 13.7. The average molecular weight is 259 g/mol. The first-order chi connectivity index (χ1) is 7.71. The van der Waals surface area contributed by atoms with E-state index in [9.17, 15) is 17.6 Å². The number of carbonyl (C=O) groups excluding carboxylic acids is 1. The van der Waals surface area contributed by atoms with Crippen molar-refractivity contribution in [2.75, 3.05) is 6.26 Å². The third-order valence-corrected chi connectivity index (χ3v) is 3.38. The predicted octanol–water partition coefficient (Wildman–Crippen LogP) is 1.17. The number of benzene rings is 1. The summed E-state index contributed by atoms with van der Waals surface area (Å²) in [4.78, 5) is 10.7. The van der Waals surface area contributed by atoms with E-state index in [-0.39, 0.29) is 22.9 Å². The van der Waals surface area contributed by atoms with Crippen LogP contribution in [0.3, 0.4) is 0 Å². The normalized spacial score (nSPS) is 11.3. The molecule has 6 heteroatoms. The number of aryl methyl sites for hydroxylation is 1. The van der Waals surface area contributed by atoms with Crippen molar-refractivity contribution in [2.45, 2.75) is 25.3 Å². The van der Waals surface area contributed by atoms with Crippen LogP contribution in [-0.2, 0) is 21.2 Å². The number of amides is 1. The van der Waals surface area contributed by atoms with Crippen LogP contribution in [0.2, 0.25) is 0 Å². The van der Waals surface area contributed by atoms with Gasteiger partial charge in [-0.05, 0) is 24.6 Å². The molecule has 0 radical (unpaired) electrons. The zero-order chi connectivity index (χ0) is 13.2. The van der Waals surface area contributed by atoms with Gasteiger partial charge in [0.1, 0.15) is 5.82 Å². The zero-order valence-electron chi connectivity index (χ0n) is 9.87. The highest BCUT2D eigenvalue weighted by Gasteiger charge is 2.17. The van der Waals surface area contributed by atoms with Gasteiger partial charge in [0.25, 0.3) is 0 Å². The van der Waals surface area contributed by atoms with Crippen molar-refractivity contribution in [2.24, 2.45) is 0 Å². The summed E-state index contributed by atoms with van der Waals surface area (Å²) in [7, 11) is -3.52. The van der Waals surface area contributed by atoms with Crippen LogP contribution in [0.5, 0.6) is 0 Å². The molecule has 17 heavy (non-hydrogen) atoms. The summed E-state index contributed by atoms with van der Waals surface area (Å²) in [5, 5.41) is 2.39. The molecule has 0 saturated heterocycles. The van der Waals surface area contributed by atoms with Gasteiger partial charge >= 0.3 is 0 Å². The quantitative estimate of drug-likeness (QED) is 0.886. The summed E-state index contributed by atoms with van der Waals surface area (Å²) < 4.78 is 36.7. The first-order valence-electron chi connectivity index (χ1n) is 4.95. The maximum absolute atomic E-state index is 13.7. The van der Waals surface area contributed by atoms with E-state index in [1.54, 1.807) is 6.92 Å². The summed E-state index contributed by atoms with van der Waals surface area (Å²) in [5.41, 5.74) is 0.516. The fourth-order valence-corrected chi connectivity index (χ4v) is 2.47. The standard InChI is InChI=1S/C11H14FNO3S/c1-7-4-10(12)9(6-13-8(2)14)11(5-7)17(3,15)16/h4-5H,6H2,1-3H3,(H,13,14). The van der Waals surface area contributed by atoms with Gasteiger partial charge < -0.3 is 5.32 Å². The molecule has 1 N–H and O–H groups in total. The van der Waals surface area contributed by atoms with E-state index in [4.69, 9.17) is 0 Å². The summed E-state index contributed by atoms with van der Waals surface area (Å²) in [6.07, 6.45) is 1.01. The van der Waals surface area contributed by atoms with Gasteiger partial charge in [-0.1, -0.05) is 0 Å². The third-order valence-electron chi connectivity index (χ3n) is 2.21. The van der Waals surface area contributed by atoms with E-state index in [0.717, 1.165) is 6.26 Å². The lowest BCUT2D eigenvalue weighted by Gasteiger charge is -2.11. The molecule has 0 unspecified atom stereocenters. The molecular weight excluding hydrogens is 245 g/mol. The Kier molecular flexibility index (Phi) is 3.87. The lowest BCUT2D eigenvalue weighted by atomic mass is 10.1. The Balaban J connectivity index is 3.31. The average Bonchev–Trinajstić information content (AvgIpc) is 2.13. The van der Waals surface area contributed by atoms with Gasteiger partial charge in [0.2, 0.25) is 5.91 Å². The first-order valence-corrected chi connectivity index (χ1v) is 6.84. The summed E-state index contributed by atoms with van der Waals surface area (Å²) in [6.45, 7) is 2.76. The van der Waals surface area contributed by atoms with E-state index in [0.29, 0.717) is 5.56 Å². The number of halogens is 1. The molecule has 1 amide bonds. The van der Waals surface area contributed by atoms with Gasteiger partial charge in [0, 0.05) is 25.3 Å². The van der Waals surface area contributed by atoms with Crippen molar-refractivity contribution in [3.05, 3.63) is 29.1 Å². The van der Waals surface area contributed by atoms with Crippen LogP contribution < -0.4 is 5.32 Å². The SMILES string of the molecule is CC(=O)NCc1c(F)cc(C)cc1S(C)(=O)=O. The minimum absolute atomic E-state index is 0.00620. The van der Waals surface area contributed by atoms with Crippen molar-refractivity contribution >= 4 is 15.7 Å². The predicted molar refractivity (Wildman–Crippen MR) is 61.8 cm³/mol. The maximum Gasteiger partial charge on any atom is 0.217 e. The second-order valence-electron chi connectivity index (χ2n) is 3.91. The van der Waals surface area contributed by atoms with Crippen LogP contribution in [0.15, 0.2) is 17.0 Å². The first kappa shape index (κ1) is 13.6. The van der Waals surface area contributed by atoms with Crippen LogP contribution in [-0.4, -0.2) is 20.6 Å². The van der Waals surface area contributed by atoms with Gasteiger partial charge in [0.15, 0.2) is 9.84 Å². The molecule has 1 aromatic rings. The number of rotatable bonds is 3. The molecule has 0 atom stereocenters. The van der Waals surface area contributed by atoms with Crippen LogP contribution in [0.25, 0.3) is 0 Å². The Labute approximate surface area is 99.8 Å². The van der Waals surface area contributed by atoms with Gasteiger partial charge in [-0.15, -0.1) is 0 Å². The summed E-state index contributed by atoms with van der Waals surface area (Å²) in [5.74, 6) is -0.969. The van der Waals surface area contributed by atoms with E-state index >= 15 is 0 Å². The van der Waals surface area contributed by atoms with Gasteiger partial charge in [-0.3, -0.25) is 4.79 Å². The second kappa shape index (κ2) is 4.83. The number of hydrogen-bond acceptors (Lipinski definition) is 3. The fraction of sp³-hybridized carbons (Fsp3) is 0.364. The Bertz CT molecular complexity index is 552. The number of carbonyl (C=O) groups is 1. The molecule has 0 bridgehead atoms. The van der Waals surface area contributed by atoms with Crippen LogP contribution in [0.4, 0.5) is 4.39 Å². The van der Waals surface area contributed by atoms with E-state index in [2.05, 4.69) is 5.32 Å². The lowest BCUT2D eigenvalue weighted by Crippen LogP contribution is -2.21. The molecule has 0 spiro atoms. The number of hydrogen-bond donors (Lipinski definition) is 1. The van der Waals surface area contributed by atoms with Gasteiger partial charge in [0.05, 0.1) is 4.90 Å². The minimum Gasteiger partial charge on any atom is -0.352 e. The molecule has 4 nitrogen and oxygen atoms in total. The zero-order valence-corrected chi connectivity index (χ0v) is 10.7. The third kappa shape index (κ3) is 3.52. The molecule has 0 aromatic heterocycles. The molecule has 1 aromatic carbocycles. The Morgan fingerprint density at radius 1 is 1.41 bits per heavy atom. The number of sulfone groups is 1. The molecule has 0 saturated carbocycles.